The predicted molar refractivity (Wildman–Crippen MR) is 77.1 cm³/mol. The highest BCUT2D eigenvalue weighted by molar-refractivity contribution is 5.51. The van der Waals surface area contributed by atoms with E-state index in [4.69, 9.17) is 19.9 Å². The van der Waals surface area contributed by atoms with Crippen LogP contribution in [0.2, 0.25) is 0 Å². The molecule has 0 fully saturated rings. The second kappa shape index (κ2) is 7.69. The lowest BCUT2D eigenvalue weighted by molar-refractivity contribution is 0.346. The molecule has 4 nitrogen and oxygen atoms in total. The lowest BCUT2D eigenvalue weighted by atomic mass is 10.00. The summed E-state index contributed by atoms with van der Waals surface area (Å²) < 4.78 is 15.9. The summed E-state index contributed by atoms with van der Waals surface area (Å²) in [5, 5.41) is 0. The van der Waals surface area contributed by atoms with Crippen LogP contribution in [-0.2, 0) is 0 Å². The van der Waals surface area contributed by atoms with Gasteiger partial charge in [-0.3, -0.25) is 0 Å². The Morgan fingerprint density at radius 2 is 1.68 bits per heavy atom. The van der Waals surface area contributed by atoms with Gasteiger partial charge in [0.05, 0.1) is 21.3 Å². The number of methoxy groups -OCH3 is 3. The maximum absolute atomic E-state index is 6.22. The lowest BCUT2D eigenvalue weighted by Gasteiger charge is -2.18. The maximum atomic E-state index is 6.22. The first-order valence-electron chi connectivity index (χ1n) is 6.34. The van der Waals surface area contributed by atoms with Gasteiger partial charge in [-0.2, -0.15) is 0 Å². The van der Waals surface area contributed by atoms with Crippen LogP contribution in [0.25, 0.3) is 0 Å². The van der Waals surface area contributed by atoms with E-state index in [2.05, 4.69) is 6.58 Å². The van der Waals surface area contributed by atoms with E-state index < -0.39 is 0 Å². The highest BCUT2D eigenvalue weighted by Gasteiger charge is 2.16. The van der Waals surface area contributed by atoms with Crippen LogP contribution in [0.15, 0.2) is 24.8 Å². The SMILES string of the molecule is C=CCCCC(N)c1cc(OC)c(OC)cc1OC. The highest BCUT2D eigenvalue weighted by atomic mass is 16.5. The van der Waals surface area contributed by atoms with Gasteiger partial charge in [-0.15, -0.1) is 6.58 Å². The first kappa shape index (κ1) is 15.4. The van der Waals surface area contributed by atoms with Crippen LogP contribution in [-0.4, -0.2) is 21.3 Å². The molecule has 0 heterocycles. The molecule has 0 aromatic heterocycles. The van der Waals surface area contributed by atoms with Gasteiger partial charge in [-0.25, -0.2) is 0 Å². The summed E-state index contributed by atoms with van der Waals surface area (Å²) in [5.74, 6) is 2.03. The van der Waals surface area contributed by atoms with Crippen LogP contribution in [0.3, 0.4) is 0 Å². The Balaban J connectivity index is 3.00. The summed E-state index contributed by atoms with van der Waals surface area (Å²) in [6.45, 7) is 3.71. The van der Waals surface area contributed by atoms with Gasteiger partial charge in [0.25, 0.3) is 0 Å². The summed E-state index contributed by atoms with van der Waals surface area (Å²) >= 11 is 0. The van der Waals surface area contributed by atoms with Crippen LogP contribution in [0.1, 0.15) is 30.9 Å². The Bertz CT molecular complexity index is 418. The molecule has 0 amide bonds. The van der Waals surface area contributed by atoms with Gasteiger partial charge >= 0.3 is 0 Å². The molecule has 1 aromatic carbocycles. The number of nitrogens with two attached hydrogens (primary N) is 1. The standard InChI is InChI=1S/C15H23NO3/c1-5-6-7-8-12(16)11-9-14(18-3)15(19-4)10-13(11)17-2/h5,9-10,12H,1,6-8,16H2,2-4H3. The molecule has 2 N–H and O–H groups in total. The van der Waals surface area contributed by atoms with Crippen molar-refractivity contribution < 1.29 is 14.2 Å². The van der Waals surface area contributed by atoms with Crippen LogP contribution < -0.4 is 19.9 Å². The minimum Gasteiger partial charge on any atom is -0.496 e. The van der Waals surface area contributed by atoms with Crippen LogP contribution in [0, 0.1) is 0 Å². The number of benzene rings is 1. The molecule has 0 saturated carbocycles. The van der Waals surface area contributed by atoms with Gasteiger partial charge < -0.3 is 19.9 Å². The van der Waals surface area contributed by atoms with Crippen molar-refractivity contribution in [3.8, 4) is 17.2 Å². The zero-order valence-corrected chi connectivity index (χ0v) is 11.9. The molecule has 4 heteroatoms. The van der Waals surface area contributed by atoms with E-state index >= 15 is 0 Å². The summed E-state index contributed by atoms with van der Waals surface area (Å²) in [6, 6.07) is 3.60. The Morgan fingerprint density at radius 3 is 2.21 bits per heavy atom. The topological polar surface area (TPSA) is 53.7 Å². The molecule has 0 radical (unpaired) electrons. The molecule has 1 unspecified atom stereocenters. The smallest absolute Gasteiger partial charge is 0.164 e. The van der Waals surface area contributed by atoms with E-state index in [1.165, 1.54) is 0 Å². The van der Waals surface area contributed by atoms with Crippen molar-refractivity contribution in [1.82, 2.24) is 0 Å². The maximum Gasteiger partial charge on any atom is 0.164 e. The fourth-order valence-corrected chi connectivity index (χ4v) is 1.98. The van der Waals surface area contributed by atoms with E-state index in [9.17, 15) is 0 Å². The first-order chi connectivity index (χ1) is 9.17. The third kappa shape index (κ3) is 3.89. The quantitative estimate of drug-likeness (QED) is 0.579. The molecular formula is C15H23NO3. The van der Waals surface area contributed by atoms with Crippen molar-refractivity contribution in [1.29, 1.82) is 0 Å². The average Bonchev–Trinajstić information content (AvgIpc) is 2.45. The molecule has 0 aliphatic heterocycles. The zero-order valence-electron chi connectivity index (χ0n) is 11.9. The fourth-order valence-electron chi connectivity index (χ4n) is 1.98. The van der Waals surface area contributed by atoms with Crippen molar-refractivity contribution in [2.45, 2.75) is 25.3 Å². The minimum atomic E-state index is -0.0882. The molecule has 0 saturated heterocycles. The second-order valence-corrected chi connectivity index (χ2v) is 4.28. The molecular weight excluding hydrogens is 242 g/mol. The number of allylic oxidation sites excluding steroid dienone is 1. The fraction of sp³-hybridized carbons (Fsp3) is 0.467. The predicted octanol–water partition coefficient (Wildman–Crippen LogP) is 3.07. The summed E-state index contributed by atoms with van der Waals surface area (Å²) in [5.41, 5.74) is 7.15. The van der Waals surface area contributed by atoms with Crippen molar-refractivity contribution >= 4 is 0 Å². The third-order valence-corrected chi connectivity index (χ3v) is 3.06. The molecule has 1 aromatic rings. The van der Waals surface area contributed by atoms with Crippen molar-refractivity contribution in [3.05, 3.63) is 30.4 Å². The number of hydrogen-bond acceptors (Lipinski definition) is 4. The van der Waals surface area contributed by atoms with E-state index in [-0.39, 0.29) is 6.04 Å². The molecule has 1 atom stereocenters. The Hall–Kier alpha value is -1.68. The third-order valence-electron chi connectivity index (χ3n) is 3.06. The van der Waals surface area contributed by atoms with E-state index in [1.807, 2.05) is 18.2 Å². The largest absolute Gasteiger partial charge is 0.496 e. The van der Waals surface area contributed by atoms with Gasteiger partial charge in [0.15, 0.2) is 11.5 Å². The van der Waals surface area contributed by atoms with Crippen molar-refractivity contribution in [2.75, 3.05) is 21.3 Å². The molecule has 1 rings (SSSR count). The van der Waals surface area contributed by atoms with Gasteiger partial charge in [0.2, 0.25) is 0 Å². The summed E-state index contributed by atoms with van der Waals surface area (Å²) in [4.78, 5) is 0. The molecule has 0 aliphatic carbocycles. The van der Waals surface area contributed by atoms with Gasteiger partial charge in [0.1, 0.15) is 5.75 Å². The van der Waals surface area contributed by atoms with Crippen molar-refractivity contribution in [2.24, 2.45) is 5.73 Å². The summed E-state index contributed by atoms with van der Waals surface area (Å²) in [6.07, 6.45) is 4.74. The lowest BCUT2D eigenvalue weighted by Crippen LogP contribution is -2.12. The van der Waals surface area contributed by atoms with E-state index in [0.29, 0.717) is 11.5 Å². The molecule has 0 aliphatic rings. The first-order valence-corrected chi connectivity index (χ1v) is 6.34. The number of unbranched alkanes of at least 4 members (excludes halogenated alkanes) is 1. The van der Waals surface area contributed by atoms with Crippen LogP contribution in [0.5, 0.6) is 17.2 Å². The van der Waals surface area contributed by atoms with Gasteiger partial charge in [0, 0.05) is 17.7 Å². The molecule has 0 bridgehead atoms. The van der Waals surface area contributed by atoms with Gasteiger partial charge in [-0.05, 0) is 25.3 Å². The van der Waals surface area contributed by atoms with Crippen molar-refractivity contribution in [3.63, 3.8) is 0 Å². The Labute approximate surface area is 115 Å². The monoisotopic (exact) mass is 265 g/mol. The van der Waals surface area contributed by atoms with Crippen LogP contribution >= 0.6 is 0 Å². The highest BCUT2D eigenvalue weighted by Crippen LogP contribution is 2.37. The summed E-state index contributed by atoms with van der Waals surface area (Å²) in [7, 11) is 4.83. The zero-order chi connectivity index (χ0) is 14.3. The molecule has 19 heavy (non-hydrogen) atoms. The van der Waals surface area contributed by atoms with E-state index in [0.717, 1.165) is 30.6 Å². The number of rotatable bonds is 8. The molecule has 106 valence electrons. The Morgan fingerprint density at radius 1 is 1.11 bits per heavy atom. The number of hydrogen-bond donors (Lipinski definition) is 1. The second-order valence-electron chi connectivity index (χ2n) is 4.28. The van der Waals surface area contributed by atoms with E-state index in [1.54, 1.807) is 21.3 Å². The minimum absolute atomic E-state index is 0.0882. The van der Waals surface area contributed by atoms with Gasteiger partial charge in [-0.1, -0.05) is 6.08 Å². The normalized spacial score (nSPS) is 11.8. The molecule has 0 spiro atoms. The van der Waals surface area contributed by atoms with Crippen LogP contribution in [0.4, 0.5) is 0 Å². The number of ether oxygens (including phenoxy) is 3. The average molecular weight is 265 g/mol. The Kier molecular flexibility index (Phi) is 6.22.